The maximum atomic E-state index is 2.21. The fourth-order valence-electron chi connectivity index (χ4n) is 0.701. The molecule has 0 bridgehead atoms. The van der Waals surface area contributed by atoms with Crippen molar-refractivity contribution < 1.29 is 1.43 Å². The van der Waals surface area contributed by atoms with Crippen LogP contribution in [0.15, 0.2) is 17.5 Å². The maximum absolute atomic E-state index is 2.21. The quantitative estimate of drug-likeness (QED) is 0.573. The molecule has 0 N–H and O–H groups in total. The summed E-state index contributed by atoms with van der Waals surface area (Å²) in [5.41, 5.74) is 0. The van der Waals surface area contributed by atoms with Crippen LogP contribution in [0.25, 0.3) is 0 Å². The molecule has 0 aromatic carbocycles. The van der Waals surface area contributed by atoms with Crippen molar-refractivity contribution in [3.8, 4) is 0 Å². The Morgan fingerprint density at radius 3 is 3.12 bits per heavy atom. The zero-order chi connectivity index (χ0) is 5.82. The topological polar surface area (TPSA) is 0 Å². The summed E-state index contributed by atoms with van der Waals surface area (Å²) in [7, 11) is 0. The zero-order valence-corrected chi connectivity index (χ0v) is 5.87. The van der Waals surface area contributed by atoms with Crippen molar-refractivity contribution in [1.82, 2.24) is 0 Å². The fourth-order valence-corrected chi connectivity index (χ4v) is 1.51. The first-order valence-electron chi connectivity index (χ1n) is 2.96. The molecule has 1 aromatic heterocycles. The van der Waals surface area contributed by atoms with Crippen molar-refractivity contribution in [2.45, 2.75) is 19.8 Å². The van der Waals surface area contributed by atoms with Gasteiger partial charge in [-0.05, 0) is 17.9 Å². The van der Waals surface area contributed by atoms with Crippen molar-refractivity contribution in [3.05, 3.63) is 22.4 Å². The molecule has 0 fully saturated rings. The van der Waals surface area contributed by atoms with Gasteiger partial charge in [0, 0.05) is 4.88 Å². The Balaban J connectivity index is 0.000000640. The van der Waals surface area contributed by atoms with E-state index in [-0.39, 0.29) is 1.43 Å². The maximum Gasteiger partial charge on any atom is 1.00 e. The normalized spacial score (nSPS) is 9.62. The number of rotatable bonds is 2. The smallest absolute Gasteiger partial charge is 0.149 e. The molecule has 0 spiro atoms. The van der Waals surface area contributed by atoms with Gasteiger partial charge >= 0.3 is 1.43 Å². The Labute approximate surface area is 55.7 Å². The first-order valence-corrected chi connectivity index (χ1v) is 3.84. The number of aryl methyl sites for hydroxylation is 1. The standard InChI is InChI=1S/C7H10S/c1-2-4-7-5-3-6-8-7/h3,5-6H,2,4H2,1H3/p+1. The van der Waals surface area contributed by atoms with Gasteiger partial charge in [0.05, 0.1) is 0 Å². The Hall–Kier alpha value is -0.300. The highest BCUT2D eigenvalue weighted by molar-refractivity contribution is 7.09. The largest absolute Gasteiger partial charge is 1.00 e. The van der Waals surface area contributed by atoms with Crippen molar-refractivity contribution in [2.24, 2.45) is 0 Å². The lowest BCUT2D eigenvalue weighted by molar-refractivity contribution is 0.940. The summed E-state index contributed by atoms with van der Waals surface area (Å²) in [6.07, 6.45) is 2.51. The molecule has 1 aromatic rings. The van der Waals surface area contributed by atoms with E-state index >= 15 is 0 Å². The molecule has 1 rings (SSSR count). The molecular weight excluding hydrogens is 116 g/mol. The number of thiophene rings is 1. The highest BCUT2D eigenvalue weighted by Gasteiger charge is 1.87. The van der Waals surface area contributed by atoms with Crippen molar-refractivity contribution in [1.29, 1.82) is 0 Å². The Bertz CT molecular complexity index is 135. The molecule has 1 heterocycles. The summed E-state index contributed by atoms with van der Waals surface area (Å²) in [5, 5.41) is 2.13. The highest BCUT2D eigenvalue weighted by atomic mass is 32.1. The molecule has 0 aliphatic heterocycles. The van der Waals surface area contributed by atoms with Crippen LogP contribution in [0.2, 0.25) is 0 Å². The lowest BCUT2D eigenvalue weighted by Gasteiger charge is -1.85. The first-order chi connectivity index (χ1) is 3.93. The van der Waals surface area contributed by atoms with Crippen LogP contribution >= 0.6 is 11.3 Å². The molecule has 0 atom stereocenters. The van der Waals surface area contributed by atoms with Crippen molar-refractivity contribution in [3.63, 3.8) is 0 Å². The van der Waals surface area contributed by atoms with E-state index < -0.39 is 0 Å². The van der Waals surface area contributed by atoms with E-state index in [4.69, 9.17) is 0 Å². The predicted molar refractivity (Wildman–Crippen MR) is 39.4 cm³/mol. The van der Waals surface area contributed by atoms with Gasteiger partial charge in [0.15, 0.2) is 0 Å². The molecule has 0 aliphatic carbocycles. The van der Waals surface area contributed by atoms with Crippen molar-refractivity contribution in [2.75, 3.05) is 0 Å². The molecule has 8 heavy (non-hydrogen) atoms. The lowest BCUT2D eigenvalue weighted by Crippen LogP contribution is -1.71. The lowest BCUT2D eigenvalue weighted by atomic mass is 10.3. The van der Waals surface area contributed by atoms with E-state index in [0.29, 0.717) is 0 Å². The van der Waals surface area contributed by atoms with E-state index in [9.17, 15) is 0 Å². The molecule has 0 nitrogen and oxygen atoms in total. The molecule has 1 heteroatoms. The zero-order valence-electron chi connectivity index (χ0n) is 6.05. The van der Waals surface area contributed by atoms with Crippen LogP contribution in [0, 0.1) is 0 Å². The first kappa shape index (κ1) is 5.83. The van der Waals surface area contributed by atoms with Crippen LogP contribution in [-0.4, -0.2) is 0 Å². The Kier molecular flexibility index (Phi) is 2.10. The predicted octanol–water partition coefficient (Wildman–Crippen LogP) is 2.81. The molecule has 0 radical (unpaired) electrons. The van der Waals surface area contributed by atoms with Gasteiger partial charge < -0.3 is 0 Å². The van der Waals surface area contributed by atoms with Gasteiger partial charge in [0.2, 0.25) is 0 Å². The summed E-state index contributed by atoms with van der Waals surface area (Å²) in [6, 6.07) is 4.30. The monoisotopic (exact) mass is 127 g/mol. The van der Waals surface area contributed by atoms with Crippen LogP contribution in [-0.2, 0) is 6.42 Å². The van der Waals surface area contributed by atoms with E-state index in [1.165, 1.54) is 17.7 Å². The average Bonchev–Trinajstić information content (AvgIpc) is 2.19. The van der Waals surface area contributed by atoms with Gasteiger partial charge in [-0.3, -0.25) is 0 Å². The van der Waals surface area contributed by atoms with Gasteiger partial charge in [0.25, 0.3) is 0 Å². The average molecular weight is 127 g/mol. The van der Waals surface area contributed by atoms with E-state index in [1.54, 1.807) is 0 Å². The third kappa shape index (κ3) is 1.34. The summed E-state index contributed by atoms with van der Waals surface area (Å²) < 4.78 is 0. The molecule has 0 aliphatic rings. The SMILES string of the molecule is CCCc1cccs1.[H+]. The second kappa shape index (κ2) is 2.88. The molecule has 0 saturated carbocycles. The van der Waals surface area contributed by atoms with E-state index in [2.05, 4.69) is 24.4 Å². The van der Waals surface area contributed by atoms with Gasteiger partial charge in [-0.25, -0.2) is 0 Å². The van der Waals surface area contributed by atoms with Crippen LogP contribution in [0.1, 0.15) is 19.6 Å². The fraction of sp³-hybridized carbons (Fsp3) is 0.429. The van der Waals surface area contributed by atoms with Crippen molar-refractivity contribution >= 4 is 11.3 Å². The molecular formula is C7H11S+. The summed E-state index contributed by atoms with van der Waals surface area (Å²) >= 11 is 1.85. The van der Waals surface area contributed by atoms with Crippen LogP contribution in [0.5, 0.6) is 0 Å². The second-order valence-electron chi connectivity index (χ2n) is 1.83. The van der Waals surface area contributed by atoms with Crippen LogP contribution < -0.4 is 0 Å². The van der Waals surface area contributed by atoms with E-state index in [1.807, 2.05) is 11.3 Å². The minimum Gasteiger partial charge on any atom is -0.149 e. The third-order valence-corrected chi connectivity index (χ3v) is 2.01. The summed E-state index contributed by atoms with van der Waals surface area (Å²) in [5.74, 6) is 0. The number of hydrogen-bond donors (Lipinski definition) is 0. The van der Waals surface area contributed by atoms with E-state index in [0.717, 1.165) is 0 Å². The molecule has 0 saturated heterocycles. The Morgan fingerprint density at radius 1 is 1.75 bits per heavy atom. The van der Waals surface area contributed by atoms with Crippen LogP contribution in [0.4, 0.5) is 0 Å². The minimum atomic E-state index is 0. The second-order valence-corrected chi connectivity index (χ2v) is 2.86. The third-order valence-electron chi connectivity index (χ3n) is 1.08. The van der Waals surface area contributed by atoms with Gasteiger partial charge in [-0.1, -0.05) is 19.4 Å². The van der Waals surface area contributed by atoms with Gasteiger partial charge in [-0.15, -0.1) is 11.3 Å². The van der Waals surface area contributed by atoms with Gasteiger partial charge in [0.1, 0.15) is 0 Å². The Morgan fingerprint density at radius 2 is 2.62 bits per heavy atom. The summed E-state index contributed by atoms with van der Waals surface area (Å²) in [4.78, 5) is 1.51. The summed E-state index contributed by atoms with van der Waals surface area (Å²) in [6.45, 7) is 2.21. The molecule has 44 valence electrons. The molecule has 0 unspecified atom stereocenters. The minimum absolute atomic E-state index is 0. The van der Waals surface area contributed by atoms with Gasteiger partial charge in [-0.2, -0.15) is 0 Å². The van der Waals surface area contributed by atoms with Crippen LogP contribution in [0.3, 0.4) is 0 Å². The highest BCUT2D eigenvalue weighted by Crippen LogP contribution is 2.09. The molecule has 0 amide bonds. The number of hydrogen-bond acceptors (Lipinski definition) is 1.